The summed E-state index contributed by atoms with van der Waals surface area (Å²) in [6, 6.07) is 4.01. The van der Waals surface area contributed by atoms with Crippen molar-refractivity contribution in [3.63, 3.8) is 0 Å². The fourth-order valence-corrected chi connectivity index (χ4v) is 2.60. The molecule has 1 aromatic heterocycles. The molecular weight excluding hydrogens is 262 g/mol. The van der Waals surface area contributed by atoms with Gasteiger partial charge in [0.25, 0.3) is 0 Å². The van der Waals surface area contributed by atoms with E-state index < -0.39 is 0 Å². The van der Waals surface area contributed by atoms with Gasteiger partial charge in [-0.15, -0.1) is 11.3 Å². The zero-order chi connectivity index (χ0) is 10.6. The minimum atomic E-state index is -0.0166. The number of nitrogens with zero attached hydrogens (tertiary/aromatic N) is 1. The lowest BCUT2D eigenvalue weighted by molar-refractivity contribution is -0.126. The van der Waals surface area contributed by atoms with Gasteiger partial charge in [-0.25, -0.2) is 0 Å². The van der Waals surface area contributed by atoms with Gasteiger partial charge in [0.15, 0.2) is 0 Å². The first-order valence-electron chi connectivity index (χ1n) is 4.33. The molecule has 1 rings (SSSR count). The molecule has 0 radical (unpaired) electrons. The molecule has 0 atom stereocenters. The molecule has 2 nitrogen and oxygen atoms in total. The zero-order valence-electron chi connectivity index (χ0n) is 8.00. The third kappa shape index (κ3) is 2.96. The SMILES string of the molecule is C=CC(=O)N(CC)Cc1ccc(Br)s1. The van der Waals surface area contributed by atoms with Gasteiger partial charge in [-0.2, -0.15) is 0 Å². The molecule has 1 aromatic rings. The van der Waals surface area contributed by atoms with Crippen molar-refractivity contribution in [2.75, 3.05) is 6.54 Å². The highest BCUT2D eigenvalue weighted by Gasteiger charge is 2.09. The summed E-state index contributed by atoms with van der Waals surface area (Å²) >= 11 is 5.04. The molecule has 0 aliphatic carbocycles. The molecule has 0 aliphatic heterocycles. The summed E-state index contributed by atoms with van der Waals surface area (Å²) in [7, 11) is 0. The van der Waals surface area contributed by atoms with Gasteiger partial charge in [0.1, 0.15) is 0 Å². The lowest BCUT2D eigenvalue weighted by atomic mass is 10.4. The van der Waals surface area contributed by atoms with Gasteiger partial charge in [0.05, 0.1) is 10.3 Å². The van der Waals surface area contributed by atoms with Gasteiger partial charge >= 0.3 is 0 Å². The molecule has 0 unspecified atom stereocenters. The summed E-state index contributed by atoms with van der Waals surface area (Å²) < 4.78 is 1.09. The number of hydrogen-bond donors (Lipinski definition) is 0. The number of carbonyl (C=O) groups excluding carboxylic acids is 1. The minimum Gasteiger partial charge on any atom is -0.334 e. The van der Waals surface area contributed by atoms with Gasteiger partial charge in [-0.1, -0.05) is 6.58 Å². The minimum absolute atomic E-state index is 0.0166. The third-order valence-corrected chi connectivity index (χ3v) is 3.45. The van der Waals surface area contributed by atoms with Crippen LogP contribution in [0.2, 0.25) is 0 Å². The topological polar surface area (TPSA) is 20.3 Å². The van der Waals surface area contributed by atoms with E-state index in [-0.39, 0.29) is 5.91 Å². The van der Waals surface area contributed by atoms with Crippen molar-refractivity contribution in [2.24, 2.45) is 0 Å². The van der Waals surface area contributed by atoms with Crippen molar-refractivity contribution in [1.29, 1.82) is 0 Å². The van der Waals surface area contributed by atoms with Crippen LogP contribution in [0.15, 0.2) is 28.6 Å². The normalized spacial score (nSPS) is 9.86. The summed E-state index contributed by atoms with van der Waals surface area (Å²) in [6.45, 7) is 6.81. The quantitative estimate of drug-likeness (QED) is 0.773. The molecule has 0 aromatic carbocycles. The Balaban J connectivity index is 2.65. The second-order valence-electron chi connectivity index (χ2n) is 2.76. The first-order chi connectivity index (χ1) is 6.67. The van der Waals surface area contributed by atoms with Crippen LogP contribution in [-0.2, 0) is 11.3 Å². The third-order valence-electron chi connectivity index (χ3n) is 1.84. The summed E-state index contributed by atoms with van der Waals surface area (Å²) in [4.78, 5) is 14.3. The lowest BCUT2D eigenvalue weighted by Crippen LogP contribution is -2.27. The molecule has 0 saturated carbocycles. The molecule has 0 spiro atoms. The maximum absolute atomic E-state index is 11.4. The highest BCUT2D eigenvalue weighted by Crippen LogP contribution is 2.23. The Bertz CT molecular complexity index is 335. The van der Waals surface area contributed by atoms with Crippen LogP contribution >= 0.6 is 27.3 Å². The first kappa shape index (κ1) is 11.5. The molecule has 0 aliphatic rings. The van der Waals surface area contributed by atoms with E-state index in [2.05, 4.69) is 22.5 Å². The Morgan fingerprint density at radius 2 is 2.43 bits per heavy atom. The number of rotatable bonds is 4. The van der Waals surface area contributed by atoms with E-state index >= 15 is 0 Å². The smallest absolute Gasteiger partial charge is 0.246 e. The largest absolute Gasteiger partial charge is 0.334 e. The van der Waals surface area contributed by atoms with Gasteiger partial charge in [0.2, 0.25) is 5.91 Å². The van der Waals surface area contributed by atoms with E-state index in [1.807, 2.05) is 19.1 Å². The number of likely N-dealkylation sites (N-methyl/N-ethyl adjacent to an activating group) is 1. The van der Waals surface area contributed by atoms with Crippen LogP contribution in [-0.4, -0.2) is 17.4 Å². The summed E-state index contributed by atoms with van der Waals surface area (Å²) in [6.07, 6.45) is 1.35. The molecule has 0 saturated heterocycles. The van der Waals surface area contributed by atoms with Crippen LogP contribution in [0.5, 0.6) is 0 Å². The van der Waals surface area contributed by atoms with Gasteiger partial charge in [-0.3, -0.25) is 4.79 Å². The summed E-state index contributed by atoms with van der Waals surface area (Å²) in [5.74, 6) is -0.0166. The monoisotopic (exact) mass is 273 g/mol. The predicted octanol–water partition coefficient (Wildman–Crippen LogP) is 3.05. The summed E-state index contributed by atoms with van der Waals surface area (Å²) in [5.41, 5.74) is 0. The molecule has 76 valence electrons. The molecule has 0 fully saturated rings. The molecule has 1 amide bonds. The second-order valence-corrected chi connectivity index (χ2v) is 5.31. The number of carbonyl (C=O) groups is 1. The van der Waals surface area contributed by atoms with Crippen molar-refractivity contribution < 1.29 is 4.79 Å². The van der Waals surface area contributed by atoms with E-state index in [0.29, 0.717) is 13.1 Å². The number of hydrogen-bond acceptors (Lipinski definition) is 2. The fourth-order valence-electron chi connectivity index (χ4n) is 1.10. The molecule has 0 bridgehead atoms. The van der Waals surface area contributed by atoms with Crippen molar-refractivity contribution in [3.05, 3.63) is 33.5 Å². The Kier molecular flexibility index (Phi) is 4.35. The van der Waals surface area contributed by atoms with E-state index in [9.17, 15) is 4.79 Å². The summed E-state index contributed by atoms with van der Waals surface area (Å²) in [5, 5.41) is 0. The van der Waals surface area contributed by atoms with Gasteiger partial charge in [-0.05, 0) is 41.1 Å². The van der Waals surface area contributed by atoms with Crippen LogP contribution in [0, 0.1) is 0 Å². The molecule has 14 heavy (non-hydrogen) atoms. The van der Waals surface area contributed by atoms with E-state index in [1.54, 1.807) is 16.2 Å². The second kappa shape index (κ2) is 5.32. The van der Waals surface area contributed by atoms with Crippen LogP contribution in [0.25, 0.3) is 0 Å². The van der Waals surface area contributed by atoms with Crippen LogP contribution in [0.3, 0.4) is 0 Å². The highest BCUT2D eigenvalue weighted by atomic mass is 79.9. The maximum Gasteiger partial charge on any atom is 0.246 e. The number of thiophene rings is 1. The van der Waals surface area contributed by atoms with E-state index in [0.717, 1.165) is 3.79 Å². The van der Waals surface area contributed by atoms with E-state index in [4.69, 9.17) is 0 Å². The van der Waals surface area contributed by atoms with Crippen molar-refractivity contribution in [1.82, 2.24) is 4.90 Å². The standard InChI is InChI=1S/C10H12BrNOS/c1-3-10(13)12(4-2)7-8-5-6-9(11)14-8/h3,5-6H,1,4,7H2,2H3. The van der Waals surface area contributed by atoms with Crippen LogP contribution in [0.4, 0.5) is 0 Å². The van der Waals surface area contributed by atoms with Crippen molar-refractivity contribution in [2.45, 2.75) is 13.5 Å². The van der Waals surface area contributed by atoms with Crippen molar-refractivity contribution in [3.8, 4) is 0 Å². The highest BCUT2D eigenvalue weighted by molar-refractivity contribution is 9.11. The molecular formula is C10H12BrNOS. The fraction of sp³-hybridized carbons (Fsp3) is 0.300. The number of halogens is 1. The zero-order valence-corrected chi connectivity index (χ0v) is 10.4. The predicted molar refractivity (Wildman–Crippen MR) is 63.3 cm³/mol. The van der Waals surface area contributed by atoms with Gasteiger partial charge < -0.3 is 4.90 Å². The van der Waals surface area contributed by atoms with E-state index in [1.165, 1.54) is 11.0 Å². The number of amides is 1. The van der Waals surface area contributed by atoms with Crippen LogP contribution in [0.1, 0.15) is 11.8 Å². The molecule has 1 heterocycles. The first-order valence-corrected chi connectivity index (χ1v) is 5.94. The maximum atomic E-state index is 11.4. The molecule has 4 heteroatoms. The Morgan fingerprint density at radius 3 is 2.86 bits per heavy atom. The lowest BCUT2D eigenvalue weighted by Gasteiger charge is -2.17. The Morgan fingerprint density at radius 1 is 1.71 bits per heavy atom. The van der Waals surface area contributed by atoms with Crippen LogP contribution < -0.4 is 0 Å². The average Bonchev–Trinajstić information content (AvgIpc) is 2.59. The molecule has 0 N–H and O–H groups in total. The van der Waals surface area contributed by atoms with Crippen molar-refractivity contribution >= 4 is 33.2 Å². The Hall–Kier alpha value is -0.610. The average molecular weight is 274 g/mol. The van der Waals surface area contributed by atoms with Gasteiger partial charge in [0, 0.05) is 11.4 Å². The Labute approximate surface area is 96.4 Å².